The van der Waals surface area contributed by atoms with Gasteiger partial charge in [0.25, 0.3) is 0 Å². The van der Waals surface area contributed by atoms with Crippen LogP contribution in [0.2, 0.25) is 0 Å². The molecular weight excluding hydrogens is 350 g/mol. The van der Waals surface area contributed by atoms with Crippen LogP contribution in [0.15, 0.2) is 30.3 Å². The Hall–Kier alpha value is -2.54. The zero-order chi connectivity index (χ0) is 19.3. The third-order valence-corrected chi connectivity index (χ3v) is 4.63. The van der Waals surface area contributed by atoms with Crippen LogP contribution in [-0.2, 0) is 9.59 Å². The molecule has 0 spiro atoms. The fraction of sp³-hybridized carbons (Fsp3) is 0.368. The van der Waals surface area contributed by atoms with Crippen LogP contribution in [0.5, 0.6) is 0 Å². The van der Waals surface area contributed by atoms with Crippen LogP contribution >= 0.6 is 11.3 Å². The number of nitrogens with zero attached hydrogens (tertiary/aromatic N) is 1. The molecular formula is C19H23N3O3S. The van der Waals surface area contributed by atoms with Crippen molar-refractivity contribution >= 4 is 34.1 Å². The first-order valence-electron chi connectivity index (χ1n) is 8.34. The van der Waals surface area contributed by atoms with Crippen LogP contribution in [0.3, 0.4) is 0 Å². The number of ketones is 1. The molecule has 6 nitrogen and oxygen atoms in total. The lowest BCUT2D eigenvalue weighted by atomic mass is 9.96. The molecule has 138 valence electrons. The smallest absolute Gasteiger partial charge is 0.227 e. The van der Waals surface area contributed by atoms with Crippen LogP contribution < -0.4 is 10.6 Å². The van der Waals surface area contributed by atoms with Crippen molar-refractivity contribution in [2.45, 2.75) is 34.1 Å². The van der Waals surface area contributed by atoms with Gasteiger partial charge in [0.05, 0.1) is 10.6 Å². The minimum absolute atomic E-state index is 0.0979. The first-order chi connectivity index (χ1) is 12.2. The normalized spacial score (nSPS) is 11.1. The predicted octanol–water partition coefficient (Wildman–Crippen LogP) is 3.50. The van der Waals surface area contributed by atoms with Gasteiger partial charge in [-0.05, 0) is 0 Å². The summed E-state index contributed by atoms with van der Waals surface area (Å²) in [7, 11) is 0. The molecule has 0 unspecified atom stereocenters. The van der Waals surface area contributed by atoms with Crippen molar-refractivity contribution in [2.24, 2.45) is 5.41 Å². The largest absolute Gasteiger partial charge is 0.355 e. The summed E-state index contributed by atoms with van der Waals surface area (Å²) < 4.78 is 0. The maximum Gasteiger partial charge on any atom is 0.227 e. The number of rotatable bonds is 6. The molecule has 7 heteroatoms. The van der Waals surface area contributed by atoms with Gasteiger partial charge in [0.1, 0.15) is 0 Å². The molecule has 0 saturated heterocycles. The minimum atomic E-state index is -0.493. The van der Waals surface area contributed by atoms with Gasteiger partial charge in [-0.25, -0.2) is 4.98 Å². The Morgan fingerprint density at radius 3 is 2.35 bits per heavy atom. The summed E-state index contributed by atoms with van der Waals surface area (Å²) in [6.07, 6.45) is 0.136. The molecule has 2 amide bonds. The second-order valence-corrected chi connectivity index (χ2v) is 7.92. The zero-order valence-electron chi connectivity index (χ0n) is 15.4. The lowest BCUT2D eigenvalue weighted by molar-refractivity contribution is -0.128. The van der Waals surface area contributed by atoms with Crippen LogP contribution in [-0.4, -0.2) is 29.1 Å². The van der Waals surface area contributed by atoms with Crippen LogP contribution in [0, 0.1) is 5.41 Å². The highest BCUT2D eigenvalue weighted by molar-refractivity contribution is 7.18. The molecule has 0 saturated carbocycles. The molecule has 0 aliphatic carbocycles. The van der Waals surface area contributed by atoms with E-state index in [9.17, 15) is 14.4 Å². The van der Waals surface area contributed by atoms with Gasteiger partial charge in [-0.15, -0.1) is 0 Å². The number of Topliss-reactive ketones (excluding diaryl/α,β-unsaturated/α-hetero) is 1. The highest BCUT2D eigenvalue weighted by atomic mass is 32.1. The number of thiazole rings is 1. The Kier molecular flexibility index (Phi) is 6.26. The van der Waals surface area contributed by atoms with Crippen molar-refractivity contribution < 1.29 is 14.4 Å². The summed E-state index contributed by atoms with van der Waals surface area (Å²) in [6, 6.07) is 9.37. The average molecular weight is 373 g/mol. The maximum absolute atomic E-state index is 12.1. The Morgan fingerprint density at radius 1 is 1.12 bits per heavy atom. The van der Waals surface area contributed by atoms with Crippen molar-refractivity contribution in [3.8, 4) is 11.3 Å². The van der Waals surface area contributed by atoms with Gasteiger partial charge in [0.15, 0.2) is 10.9 Å². The number of hydrogen-bond donors (Lipinski definition) is 2. The molecule has 0 radical (unpaired) electrons. The summed E-state index contributed by atoms with van der Waals surface area (Å²) in [4.78, 5) is 40.7. The molecule has 0 atom stereocenters. The zero-order valence-corrected chi connectivity index (χ0v) is 16.2. The van der Waals surface area contributed by atoms with E-state index in [0.717, 1.165) is 16.9 Å². The summed E-state index contributed by atoms with van der Waals surface area (Å²) in [5, 5.41) is 5.81. The van der Waals surface area contributed by atoms with Crippen LogP contribution in [0.25, 0.3) is 11.3 Å². The van der Waals surface area contributed by atoms with E-state index in [-0.39, 0.29) is 30.6 Å². The van der Waals surface area contributed by atoms with E-state index in [2.05, 4.69) is 15.6 Å². The molecule has 0 aliphatic heterocycles. The minimum Gasteiger partial charge on any atom is -0.355 e. The number of carbonyl (C=O) groups excluding carboxylic acids is 3. The fourth-order valence-corrected chi connectivity index (χ4v) is 3.04. The maximum atomic E-state index is 12.1. The van der Waals surface area contributed by atoms with Crippen molar-refractivity contribution in [3.05, 3.63) is 35.2 Å². The van der Waals surface area contributed by atoms with Gasteiger partial charge in [-0.1, -0.05) is 62.4 Å². The van der Waals surface area contributed by atoms with E-state index in [0.29, 0.717) is 15.7 Å². The number of amides is 2. The van der Waals surface area contributed by atoms with E-state index in [4.69, 9.17) is 0 Å². The van der Waals surface area contributed by atoms with Crippen molar-refractivity contribution in [2.75, 3.05) is 11.9 Å². The van der Waals surface area contributed by atoms with Gasteiger partial charge in [-0.2, -0.15) is 0 Å². The van der Waals surface area contributed by atoms with E-state index in [1.807, 2.05) is 51.1 Å². The van der Waals surface area contributed by atoms with Gasteiger partial charge in [0, 0.05) is 30.9 Å². The monoisotopic (exact) mass is 373 g/mol. The first-order valence-corrected chi connectivity index (χ1v) is 9.15. The Bertz CT molecular complexity index is 807. The van der Waals surface area contributed by atoms with Gasteiger partial charge < -0.3 is 10.6 Å². The summed E-state index contributed by atoms with van der Waals surface area (Å²) in [6.45, 7) is 7.16. The average Bonchev–Trinajstić information content (AvgIpc) is 2.98. The summed E-state index contributed by atoms with van der Waals surface area (Å²) in [5.41, 5.74) is 0.901. The summed E-state index contributed by atoms with van der Waals surface area (Å²) in [5.74, 6) is -0.466. The molecule has 0 fully saturated rings. The second kappa shape index (κ2) is 8.23. The molecule has 2 rings (SSSR count). The molecule has 0 aliphatic rings. The van der Waals surface area contributed by atoms with E-state index < -0.39 is 5.41 Å². The lowest BCUT2D eigenvalue weighted by Crippen LogP contribution is -2.36. The first kappa shape index (κ1) is 19.8. The van der Waals surface area contributed by atoms with Crippen molar-refractivity contribution in [1.82, 2.24) is 10.3 Å². The predicted molar refractivity (Wildman–Crippen MR) is 103 cm³/mol. The molecule has 1 heterocycles. The van der Waals surface area contributed by atoms with E-state index in [1.165, 1.54) is 6.92 Å². The van der Waals surface area contributed by atoms with E-state index in [1.54, 1.807) is 0 Å². The second-order valence-electron chi connectivity index (χ2n) is 6.92. The number of carbonyl (C=O) groups is 3. The Balaban J connectivity index is 2.02. The van der Waals surface area contributed by atoms with Crippen molar-refractivity contribution in [1.29, 1.82) is 0 Å². The number of benzene rings is 1. The molecule has 2 N–H and O–H groups in total. The lowest BCUT2D eigenvalue weighted by Gasteiger charge is -2.17. The molecule has 2 aromatic rings. The SMILES string of the molecule is CC(=O)c1sc(NC(=O)CCNC(=O)C(C)(C)C)nc1-c1ccccc1. The number of hydrogen-bond acceptors (Lipinski definition) is 5. The molecule has 1 aromatic heterocycles. The van der Waals surface area contributed by atoms with Crippen molar-refractivity contribution in [3.63, 3.8) is 0 Å². The van der Waals surface area contributed by atoms with Gasteiger partial charge >= 0.3 is 0 Å². The van der Waals surface area contributed by atoms with Crippen LogP contribution in [0.1, 0.15) is 43.8 Å². The Morgan fingerprint density at radius 2 is 1.77 bits per heavy atom. The number of anilines is 1. The topological polar surface area (TPSA) is 88.2 Å². The quantitative estimate of drug-likeness (QED) is 0.759. The molecule has 0 bridgehead atoms. The highest BCUT2D eigenvalue weighted by Crippen LogP contribution is 2.31. The molecule has 26 heavy (non-hydrogen) atoms. The third-order valence-electron chi connectivity index (χ3n) is 3.56. The van der Waals surface area contributed by atoms with Gasteiger partial charge in [0.2, 0.25) is 11.8 Å². The summed E-state index contributed by atoms with van der Waals surface area (Å²) >= 11 is 1.15. The fourth-order valence-electron chi connectivity index (χ4n) is 2.14. The Labute approximate surface area is 157 Å². The van der Waals surface area contributed by atoms with Crippen LogP contribution in [0.4, 0.5) is 5.13 Å². The number of nitrogens with one attached hydrogen (secondary N) is 2. The third kappa shape index (κ3) is 5.23. The molecule has 1 aromatic carbocycles. The van der Waals surface area contributed by atoms with E-state index >= 15 is 0 Å². The number of aromatic nitrogens is 1. The van der Waals surface area contributed by atoms with Gasteiger partial charge in [-0.3, -0.25) is 14.4 Å². The standard InChI is InChI=1S/C19H23N3O3S/c1-12(23)16-15(13-8-6-5-7-9-13)22-18(26-16)21-14(24)10-11-20-17(25)19(2,3)4/h5-9H,10-11H2,1-4H3,(H,20,25)(H,21,22,24). The highest BCUT2D eigenvalue weighted by Gasteiger charge is 2.21.